The molecule has 0 radical (unpaired) electrons. The van der Waals surface area contributed by atoms with E-state index < -0.39 is 0 Å². The molecule has 2 aliphatic rings. The molecule has 6 nitrogen and oxygen atoms in total. The van der Waals surface area contributed by atoms with E-state index in [9.17, 15) is 9.18 Å². The van der Waals surface area contributed by atoms with Gasteiger partial charge in [-0.15, -0.1) is 11.3 Å². The second-order valence-electron chi connectivity index (χ2n) is 8.88. The van der Waals surface area contributed by atoms with Gasteiger partial charge in [0, 0.05) is 23.5 Å². The highest BCUT2D eigenvalue weighted by Gasteiger charge is 2.25. The van der Waals surface area contributed by atoms with Gasteiger partial charge >= 0.3 is 0 Å². The molecule has 0 spiro atoms. The summed E-state index contributed by atoms with van der Waals surface area (Å²) >= 11 is 1.44. The minimum Gasteiger partial charge on any atom is -0.454 e. The third-order valence-electron chi connectivity index (χ3n) is 6.66. The average molecular weight is 478 g/mol. The van der Waals surface area contributed by atoms with E-state index in [1.165, 1.54) is 36.3 Å². The Morgan fingerprint density at radius 1 is 1.06 bits per heavy atom. The quantitative estimate of drug-likeness (QED) is 0.399. The van der Waals surface area contributed by atoms with Crippen LogP contribution in [0.2, 0.25) is 0 Å². The second kappa shape index (κ2) is 8.85. The van der Waals surface area contributed by atoms with Gasteiger partial charge in [0.25, 0.3) is 5.56 Å². The molecule has 6 rings (SSSR count). The standard InChI is InChI=1S/C26H24FN3O3S/c27-18-8-6-17(7-9-18)20-14-34-26-24(20)25(31)28-23(29-26)13-30(19-3-1-2-4-19)12-16-5-10-21-22(11-16)33-15-32-21/h5-11,14,19H,1-4,12-13,15H2,(H,28,29,31). The number of hydrogen-bond donors (Lipinski definition) is 1. The third-order valence-corrected chi connectivity index (χ3v) is 7.54. The molecule has 1 aliphatic carbocycles. The zero-order valence-corrected chi connectivity index (χ0v) is 19.4. The van der Waals surface area contributed by atoms with Gasteiger partial charge in [-0.05, 0) is 48.2 Å². The number of ether oxygens (including phenoxy) is 2. The van der Waals surface area contributed by atoms with Crippen molar-refractivity contribution in [2.75, 3.05) is 6.79 Å². The summed E-state index contributed by atoms with van der Waals surface area (Å²) in [5.41, 5.74) is 2.58. The number of rotatable bonds is 6. The number of halogens is 1. The normalized spacial score (nSPS) is 15.6. The zero-order valence-electron chi connectivity index (χ0n) is 18.6. The van der Waals surface area contributed by atoms with Crippen molar-refractivity contribution in [2.45, 2.75) is 44.8 Å². The summed E-state index contributed by atoms with van der Waals surface area (Å²) in [6.07, 6.45) is 4.73. The summed E-state index contributed by atoms with van der Waals surface area (Å²) in [4.78, 5) is 24.0. The maximum atomic E-state index is 13.3. The summed E-state index contributed by atoms with van der Waals surface area (Å²) in [7, 11) is 0. The van der Waals surface area contributed by atoms with Crippen LogP contribution in [-0.4, -0.2) is 27.7 Å². The van der Waals surface area contributed by atoms with Crippen LogP contribution in [0.3, 0.4) is 0 Å². The lowest BCUT2D eigenvalue weighted by molar-refractivity contribution is 0.172. The molecule has 0 atom stereocenters. The lowest BCUT2D eigenvalue weighted by Crippen LogP contribution is -2.33. The van der Waals surface area contributed by atoms with Crippen molar-refractivity contribution >= 4 is 21.6 Å². The van der Waals surface area contributed by atoms with Gasteiger partial charge in [-0.2, -0.15) is 0 Å². The van der Waals surface area contributed by atoms with Crippen LogP contribution in [0, 0.1) is 5.82 Å². The van der Waals surface area contributed by atoms with Crippen LogP contribution in [0.1, 0.15) is 37.1 Å². The predicted octanol–water partition coefficient (Wildman–Crippen LogP) is 5.46. The Morgan fingerprint density at radius 3 is 2.68 bits per heavy atom. The van der Waals surface area contributed by atoms with Crippen molar-refractivity contribution in [2.24, 2.45) is 0 Å². The number of aromatic nitrogens is 2. The smallest absolute Gasteiger partial charge is 0.260 e. The van der Waals surface area contributed by atoms with Gasteiger partial charge in [0.1, 0.15) is 16.5 Å². The first-order valence-electron chi connectivity index (χ1n) is 11.5. The van der Waals surface area contributed by atoms with Gasteiger partial charge in [0.2, 0.25) is 6.79 Å². The van der Waals surface area contributed by atoms with Crippen LogP contribution in [0.25, 0.3) is 21.3 Å². The fourth-order valence-corrected chi connectivity index (χ4v) is 5.93. The molecule has 2 aromatic carbocycles. The lowest BCUT2D eigenvalue weighted by atomic mass is 10.1. The lowest BCUT2D eigenvalue weighted by Gasteiger charge is -2.28. The highest BCUT2D eigenvalue weighted by atomic mass is 32.1. The van der Waals surface area contributed by atoms with E-state index in [2.05, 4.69) is 16.0 Å². The monoisotopic (exact) mass is 477 g/mol. The molecule has 3 heterocycles. The van der Waals surface area contributed by atoms with Crippen LogP contribution < -0.4 is 15.0 Å². The van der Waals surface area contributed by atoms with E-state index in [4.69, 9.17) is 14.5 Å². The highest BCUT2D eigenvalue weighted by molar-refractivity contribution is 7.17. The summed E-state index contributed by atoms with van der Waals surface area (Å²) in [6, 6.07) is 12.7. The van der Waals surface area contributed by atoms with E-state index in [0.717, 1.165) is 47.6 Å². The Morgan fingerprint density at radius 2 is 1.85 bits per heavy atom. The first-order chi connectivity index (χ1) is 16.6. The molecule has 0 unspecified atom stereocenters. The number of aromatic amines is 1. The van der Waals surface area contributed by atoms with Gasteiger partial charge < -0.3 is 14.5 Å². The number of benzene rings is 2. The van der Waals surface area contributed by atoms with Gasteiger partial charge in [0.15, 0.2) is 11.5 Å². The van der Waals surface area contributed by atoms with E-state index in [0.29, 0.717) is 28.6 Å². The molecule has 2 aromatic heterocycles. The van der Waals surface area contributed by atoms with Crippen LogP contribution in [0.15, 0.2) is 52.6 Å². The minimum atomic E-state index is -0.299. The number of H-pyrrole nitrogens is 1. The van der Waals surface area contributed by atoms with Crippen molar-refractivity contribution in [1.29, 1.82) is 0 Å². The fourth-order valence-electron chi connectivity index (χ4n) is 4.96. The third kappa shape index (κ3) is 4.08. The van der Waals surface area contributed by atoms with Crippen molar-refractivity contribution in [3.63, 3.8) is 0 Å². The molecule has 0 bridgehead atoms. The van der Waals surface area contributed by atoms with E-state index in [1.807, 2.05) is 17.5 Å². The fraction of sp³-hybridized carbons (Fsp3) is 0.308. The van der Waals surface area contributed by atoms with Crippen LogP contribution in [0.4, 0.5) is 4.39 Å². The summed E-state index contributed by atoms with van der Waals surface area (Å²) in [5.74, 6) is 1.93. The van der Waals surface area contributed by atoms with Crippen LogP contribution in [-0.2, 0) is 13.1 Å². The number of nitrogens with one attached hydrogen (secondary N) is 1. The molecule has 34 heavy (non-hydrogen) atoms. The van der Waals surface area contributed by atoms with Gasteiger partial charge in [0.05, 0.1) is 11.9 Å². The van der Waals surface area contributed by atoms with Crippen LogP contribution >= 0.6 is 11.3 Å². The maximum absolute atomic E-state index is 13.3. The van der Waals surface area contributed by atoms with E-state index >= 15 is 0 Å². The molecule has 8 heteroatoms. The average Bonchev–Trinajstić information content (AvgIpc) is 3.59. The number of hydrogen-bond acceptors (Lipinski definition) is 6. The number of nitrogens with zero attached hydrogens (tertiary/aromatic N) is 2. The predicted molar refractivity (Wildman–Crippen MR) is 130 cm³/mol. The topological polar surface area (TPSA) is 67.5 Å². The molecular formula is C26H24FN3O3S. The Bertz CT molecular complexity index is 1390. The van der Waals surface area contributed by atoms with Crippen molar-refractivity contribution in [3.05, 3.63) is 75.4 Å². The molecule has 1 saturated carbocycles. The Balaban J connectivity index is 1.30. The van der Waals surface area contributed by atoms with Crippen molar-refractivity contribution < 1.29 is 13.9 Å². The van der Waals surface area contributed by atoms with E-state index in [-0.39, 0.29) is 18.2 Å². The second-order valence-corrected chi connectivity index (χ2v) is 9.74. The summed E-state index contributed by atoms with van der Waals surface area (Å²) in [6.45, 7) is 1.57. The van der Waals surface area contributed by atoms with Crippen molar-refractivity contribution in [1.82, 2.24) is 14.9 Å². The molecule has 1 aliphatic heterocycles. The molecule has 174 valence electrons. The first-order valence-corrected chi connectivity index (χ1v) is 12.4. The molecule has 4 aromatic rings. The van der Waals surface area contributed by atoms with E-state index in [1.54, 1.807) is 12.1 Å². The van der Waals surface area contributed by atoms with Crippen LogP contribution in [0.5, 0.6) is 11.5 Å². The molecule has 0 saturated heterocycles. The minimum absolute atomic E-state index is 0.157. The van der Waals surface area contributed by atoms with Crippen molar-refractivity contribution in [3.8, 4) is 22.6 Å². The summed E-state index contributed by atoms with van der Waals surface area (Å²) in [5, 5.41) is 2.48. The number of thiophene rings is 1. The number of fused-ring (bicyclic) bond motifs is 2. The SMILES string of the molecule is O=c1[nH]c(CN(Cc2ccc3c(c2)OCO3)C2CCCC2)nc2scc(-c3ccc(F)cc3)c12. The van der Waals surface area contributed by atoms with Gasteiger partial charge in [-0.25, -0.2) is 9.37 Å². The molecule has 1 N–H and O–H groups in total. The first kappa shape index (κ1) is 21.3. The molecule has 0 amide bonds. The maximum Gasteiger partial charge on any atom is 0.260 e. The molecular weight excluding hydrogens is 453 g/mol. The highest BCUT2D eigenvalue weighted by Crippen LogP contribution is 2.34. The Hall–Kier alpha value is -3.23. The largest absolute Gasteiger partial charge is 0.454 e. The molecule has 1 fully saturated rings. The van der Waals surface area contributed by atoms with Gasteiger partial charge in [-0.1, -0.05) is 31.0 Å². The Kier molecular flexibility index (Phi) is 5.55. The Labute approximate surface area is 200 Å². The summed E-state index contributed by atoms with van der Waals surface area (Å²) < 4.78 is 24.3. The van der Waals surface area contributed by atoms with Gasteiger partial charge in [-0.3, -0.25) is 9.69 Å². The zero-order chi connectivity index (χ0) is 23.1.